The number of hydrogen-bond acceptors (Lipinski definition) is 4. The van der Waals surface area contributed by atoms with Crippen molar-refractivity contribution in [3.8, 4) is 0 Å². The predicted molar refractivity (Wildman–Crippen MR) is 78.0 cm³/mol. The number of esters is 1. The summed E-state index contributed by atoms with van der Waals surface area (Å²) in [5.41, 5.74) is 1.21. The van der Waals surface area contributed by atoms with Gasteiger partial charge in [0, 0.05) is 17.1 Å². The minimum Gasteiger partial charge on any atom is -0.464 e. The van der Waals surface area contributed by atoms with Crippen molar-refractivity contribution < 1.29 is 14.3 Å². The molecule has 0 saturated heterocycles. The van der Waals surface area contributed by atoms with Crippen LogP contribution in [0.5, 0.6) is 0 Å². The average molecular weight is 330 g/mol. The summed E-state index contributed by atoms with van der Waals surface area (Å²) in [6.45, 7) is 5.44. The van der Waals surface area contributed by atoms with E-state index in [4.69, 9.17) is 9.47 Å². The van der Waals surface area contributed by atoms with E-state index in [1.165, 1.54) is 5.56 Å². The first-order valence-electron chi connectivity index (χ1n) is 6.35. The van der Waals surface area contributed by atoms with Crippen LogP contribution in [0.15, 0.2) is 28.7 Å². The van der Waals surface area contributed by atoms with Gasteiger partial charge in [0.15, 0.2) is 0 Å². The van der Waals surface area contributed by atoms with Crippen molar-refractivity contribution >= 4 is 21.9 Å². The van der Waals surface area contributed by atoms with Crippen LogP contribution < -0.4 is 5.32 Å². The van der Waals surface area contributed by atoms with Gasteiger partial charge in [-0.05, 0) is 31.5 Å². The van der Waals surface area contributed by atoms with Gasteiger partial charge >= 0.3 is 5.97 Å². The molecule has 0 aliphatic heterocycles. The van der Waals surface area contributed by atoms with E-state index in [1.54, 1.807) is 6.92 Å². The van der Waals surface area contributed by atoms with Gasteiger partial charge in [-0.1, -0.05) is 28.1 Å². The topological polar surface area (TPSA) is 47.6 Å². The average Bonchev–Trinajstić information content (AvgIpc) is 2.38. The van der Waals surface area contributed by atoms with E-state index in [-0.39, 0.29) is 18.6 Å². The third-order valence-electron chi connectivity index (χ3n) is 2.57. The van der Waals surface area contributed by atoms with Crippen LogP contribution in [0.3, 0.4) is 0 Å². The zero-order chi connectivity index (χ0) is 14.1. The molecular formula is C14H20BrNO3. The van der Waals surface area contributed by atoms with Crippen LogP contribution >= 0.6 is 15.9 Å². The molecule has 5 heteroatoms. The molecule has 1 rings (SSSR count). The first-order chi connectivity index (χ1) is 9.13. The minimum absolute atomic E-state index is 0.0147. The monoisotopic (exact) mass is 329 g/mol. The number of halogens is 1. The Morgan fingerprint density at radius 1 is 1.47 bits per heavy atom. The van der Waals surface area contributed by atoms with E-state index in [0.29, 0.717) is 19.8 Å². The Morgan fingerprint density at radius 3 is 2.95 bits per heavy atom. The summed E-state index contributed by atoms with van der Waals surface area (Å²) in [6, 6.07) is 8.40. The minimum atomic E-state index is -0.317. The van der Waals surface area contributed by atoms with Crippen molar-refractivity contribution in [2.75, 3.05) is 26.4 Å². The molecule has 1 atom stereocenters. The molecule has 0 heterocycles. The highest BCUT2D eigenvalue weighted by Gasteiger charge is 2.05. The Balaban J connectivity index is 2.17. The number of hydrogen-bond donors (Lipinski definition) is 1. The molecule has 1 N–H and O–H groups in total. The number of carbonyl (C=O) groups excluding carboxylic acids is 1. The largest absolute Gasteiger partial charge is 0.464 e. The van der Waals surface area contributed by atoms with Crippen molar-refractivity contribution in [1.29, 1.82) is 0 Å². The molecule has 0 unspecified atom stereocenters. The molecule has 0 aliphatic rings. The Bertz CT molecular complexity index is 398. The van der Waals surface area contributed by atoms with Gasteiger partial charge in [-0.15, -0.1) is 0 Å². The summed E-state index contributed by atoms with van der Waals surface area (Å²) >= 11 is 3.45. The Hall–Kier alpha value is -0.910. The van der Waals surface area contributed by atoms with E-state index in [2.05, 4.69) is 40.3 Å². The van der Waals surface area contributed by atoms with Gasteiger partial charge in [-0.25, -0.2) is 4.79 Å². The second kappa shape index (κ2) is 9.07. The molecule has 0 aromatic heterocycles. The molecule has 0 bridgehead atoms. The maximum atomic E-state index is 11.0. The third-order valence-corrected chi connectivity index (χ3v) is 3.06. The Morgan fingerprint density at radius 2 is 2.26 bits per heavy atom. The number of benzene rings is 1. The van der Waals surface area contributed by atoms with Gasteiger partial charge in [0.25, 0.3) is 0 Å². The van der Waals surface area contributed by atoms with E-state index >= 15 is 0 Å². The molecule has 1 aromatic rings. The lowest BCUT2D eigenvalue weighted by molar-refractivity contribution is -0.148. The maximum Gasteiger partial charge on any atom is 0.332 e. The smallest absolute Gasteiger partial charge is 0.332 e. The quantitative estimate of drug-likeness (QED) is 0.588. The second-order valence-electron chi connectivity index (χ2n) is 4.09. The van der Waals surface area contributed by atoms with Crippen LogP contribution in [-0.2, 0) is 14.3 Å². The number of nitrogens with one attached hydrogen (secondary N) is 1. The Labute approximate surface area is 122 Å². The lowest BCUT2D eigenvalue weighted by atomic mass is 10.1. The van der Waals surface area contributed by atoms with Crippen LogP contribution in [0.1, 0.15) is 25.5 Å². The third kappa shape index (κ3) is 6.71. The molecule has 0 radical (unpaired) electrons. The van der Waals surface area contributed by atoms with Gasteiger partial charge in [-0.2, -0.15) is 0 Å². The van der Waals surface area contributed by atoms with Crippen LogP contribution in [0.2, 0.25) is 0 Å². The zero-order valence-corrected chi connectivity index (χ0v) is 12.9. The molecule has 0 saturated carbocycles. The lowest BCUT2D eigenvalue weighted by Crippen LogP contribution is -2.24. The fourth-order valence-corrected chi connectivity index (χ4v) is 2.02. The molecule has 4 nitrogen and oxygen atoms in total. The second-order valence-corrected chi connectivity index (χ2v) is 5.00. The summed E-state index contributed by atoms with van der Waals surface area (Å²) in [4.78, 5) is 11.0. The maximum absolute atomic E-state index is 11.0. The van der Waals surface area contributed by atoms with E-state index in [0.717, 1.165) is 4.47 Å². The molecular weight excluding hydrogens is 310 g/mol. The molecule has 0 spiro atoms. The molecule has 1 aromatic carbocycles. The molecule has 0 fully saturated rings. The highest BCUT2D eigenvalue weighted by Crippen LogP contribution is 2.17. The first-order valence-corrected chi connectivity index (χ1v) is 7.15. The zero-order valence-electron chi connectivity index (χ0n) is 11.3. The van der Waals surface area contributed by atoms with Crippen molar-refractivity contribution in [2.24, 2.45) is 0 Å². The van der Waals surface area contributed by atoms with Crippen LogP contribution in [-0.4, -0.2) is 32.3 Å². The predicted octanol–water partition coefficient (Wildman–Crippen LogP) is 2.68. The van der Waals surface area contributed by atoms with Crippen molar-refractivity contribution in [3.05, 3.63) is 34.3 Å². The van der Waals surface area contributed by atoms with Crippen LogP contribution in [0.4, 0.5) is 0 Å². The molecule has 106 valence electrons. The van der Waals surface area contributed by atoms with E-state index in [1.807, 2.05) is 12.1 Å². The highest BCUT2D eigenvalue weighted by atomic mass is 79.9. The molecule has 0 amide bonds. The van der Waals surface area contributed by atoms with Gasteiger partial charge < -0.3 is 14.8 Å². The standard InChI is InChI=1S/C14H20BrNO3/c1-3-19-14(17)10-18-8-7-16-11(2)12-5-4-6-13(15)9-12/h4-6,9,11,16H,3,7-8,10H2,1-2H3/t11-/m1/s1. The molecule has 0 aliphatic carbocycles. The first kappa shape index (κ1) is 16.1. The lowest BCUT2D eigenvalue weighted by Gasteiger charge is -2.14. The van der Waals surface area contributed by atoms with Gasteiger partial charge in [-0.3, -0.25) is 0 Å². The number of ether oxygens (including phenoxy) is 2. The number of rotatable bonds is 8. The van der Waals surface area contributed by atoms with Gasteiger partial charge in [0.05, 0.1) is 13.2 Å². The highest BCUT2D eigenvalue weighted by molar-refractivity contribution is 9.10. The molecule has 19 heavy (non-hydrogen) atoms. The summed E-state index contributed by atoms with van der Waals surface area (Å²) in [7, 11) is 0. The van der Waals surface area contributed by atoms with Crippen molar-refractivity contribution in [2.45, 2.75) is 19.9 Å². The van der Waals surface area contributed by atoms with Gasteiger partial charge in [0.2, 0.25) is 0 Å². The van der Waals surface area contributed by atoms with Crippen molar-refractivity contribution in [3.63, 3.8) is 0 Å². The van der Waals surface area contributed by atoms with E-state index < -0.39 is 0 Å². The fourth-order valence-electron chi connectivity index (χ4n) is 1.60. The van der Waals surface area contributed by atoms with Crippen LogP contribution in [0.25, 0.3) is 0 Å². The van der Waals surface area contributed by atoms with Gasteiger partial charge in [0.1, 0.15) is 6.61 Å². The summed E-state index contributed by atoms with van der Waals surface area (Å²) in [5, 5.41) is 3.33. The summed E-state index contributed by atoms with van der Waals surface area (Å²) < 4.78 is 11.0. The van der Waals surface area contributed by atoms with Crippen molar-refractivity contribution in [1.82, 2.24) is 5.32 Å². The fraction of sp³-hybridized carbons (Fsp3) is 0.500. The normalized spacial score (nSPS) is 12.2. The number of carbonyl (C=O) groups is 1. The van der Waals surface area contributed by atoms with E-state index in [9.17, 15) is 4.79 Å². The van der Waals surface area contributed by atoms with Crippen LogP contribution in [0, 0.1) is 0 Å². The summed E-state index contributed by atoms with van der Waals surface area (Å²) in [5.74, 6) is -0.317. The summed E-state index contributed by atoms with van der Waals surface area (Å²) in [6.07, 6.45) is 0. The SMILES string of the molecule is CCOC(=O)COCCN[C@H](C)c1cccc(Br)c1. The Kier molecular flexibility index (Phi) is 7.70.